The molecule has 0 unspecified atom stereocenters. The normalized spacial score (nSPS) is 11.1. The monoisotopic (exact) mass is 369 g/mol. The summed E-state index contributed by atoms with van der Waals surface area (Å²) in [4.78, 5) is 24.1. The predicted octanol–water partition coefficient (Wildman–Crippen LogP) is 2.06. The van der Waals surface area contributed by atoms with Gasteiger partial charge in [0, 0.05) is 29.7 Å². The summed E-state index contributed by atoms with van der Waals surface area (Å²) in [6, 6.07) is 7.16. The first kappa shape index (κ1) is 18.6. The van der Waals surface area contributed by atoms with Gasteiger partial charge in [0.25, 0.3) is 5.91 Å². The van der Waals surface area contributed by atoms with E-state index in [9.17, 15) is 9.59 Å². The largest absolute Gasteiger partial charge is 0.354 e. The highest BCUT2D eigenvalue weighted by Crippen LogP contribution is 2.24. The van der Waals surface area contributed by atoms with Crippen LogP contribution in [0.2, 0.25) is 0 Å². The molecule has 5 nitrogen and oxygen atoms in total. The average Bonchev–Trinajstić information content (AvgIpc) is 2.53. The van der Waals surface area contributed by atoms with Crippen LogP contribution in [0.15, 0.2) is 28.7 Å². The summed E-state index contributed by atoms with van der Waals surface area (Å²) < 4.78 is 0.854. The van der Waals surface area contributed by atoms with Gasteiger partial charge < -0.3 is 16.4 Å². The fourth-order valence-electron chi connectivity index (χ4n) is 2.22. The van der Waals surface area contributed by atoms with Gasteiger partial charge >= 0.3 is 0 Å². The first-order valence-corrected chi connectivity index (χ1v) is 8.30. The molecule has 0 aliphatic carbocycles. The second-order valence-electron chi connectivity index (χ2n) is 5.21. The van der Waals surface area contributed by atoms with Gasteiger partial charge in [-0.1, -0.05) is 35.8 Å². The van der Waals surface area contributed by atoms with Gasteiger partial charge in [0.2, 0.25) is 5.91 Å². The van der Waals surface area contributed by atoms with E-state index in [1.54, 1.807) is 18.2 Å². The lowest BCUT2D eigenvalue weighted by molar-refractivity contribution is -0.130. The molecule has 1 aromatic carbocycles. The van der Waals surface area contributed by atoms with Crippen molar-refractivity contribution in [1.82, 2.24) is 10.6 Å². The lowest BCUT2D eigenvalue weighted by atomic mass is 9.81. The van der Waals surface area contributed by atoms with Crippen molar-refractivity contribution in [2.45, 2.75) is 26.7 Å². The molecule has 0 heterocycles. The highest BCUT2D eigenvalue weighted by molar-refractivity contribution is 9.10. The molecule has 0 saturated heterocycles. The number of nitrogens with one attached hydrogen (secondary N) is 2. The van der Waals surface area contributed by atoms with Crippen LogP contribution in [0.25, 0.3) is 0 Å². The molecule has 6 heteroatoms. The van der Waals surface area contributed by atoms with Crippen LogP contribution in [-0.4, -0.2) is 31.4 Å². The van der Waals surface area contributed by atoms with Crippen molar-refractivity contribution in [1.29, 1.82) is 0 Å². The SMILES string of the molecule is CCC(CC)(CN)C(=O)NCCNC(=O)c1cccc(Br)c1. The Bertz CT molecular complexity index is 508. The maximum Gasteiger partial charge on any atom is 0.251 e. The third kappa shape index (κ3) is 4.81. The summed E-state index contributed by atoms with van der Waals surface area (Å²) >= 11 is 3.33. The van der Waals surface area contributed by atoms with Crippen LogP contribution in [0.3, 0.4) is 0 Å². The van der Waals surface area contributed by atoms with E-state index < -0.39 is 5.41 Å². The van der Waals surface area contributed by atoms with Crippen molar-refractivity contribution in [2.75, 3.05) is 19.6 Å². The number of carbonyl (C=O) groups is 2. The van der Waals surface area contributed by atoms with E-state index in [0.29, 0.717) is 38.0 Å². The molecule has 0 saturated carbocycles. The van der Waals surface area contributed by atoms with E-state index in [-0.39, 0.29) is 11.8 Å². The van der Waals surface area contributed by atoms with Gasteiger partial charge in [-0.3, -0.25) is 9.59 Å². The van der Waals surface area contributed by atoms with Crippen LogP contribution < -0.4 is 16.4 Å². The number of hydrogen-bond donors (Lipinski definition) is 3. The first-order valence-electron chi connectivity index (χ1n) is 7.51. The average molecular weight is 370 g/mol. The maximum atomic E-state index is 12.2. The smallest absolute Gasteiger partial charge is 0.251 e. The molecular weight excluding hydrogens is 346 g/mol. The number of benzene rings is 1. The number of rotatable bonds is 8. The summed E-state index contributed by atoms with van der Waals surface area (Å²) in [5.74, 6) is -0.205. The van der Waals surface area contributed by atoms with Crippen LogP contribution in [0.1, 0.15) is 37.0 Å². The van der Waals surface area contributed by atoms with Gasteiger partial charge in [0.1, 0.15) is 0 Å². The minimum atomic E-state index is -0.506. The molecule has 0 fully saturated rings. The highest BCUT2D eigenvalue weighted by atomic mass is 79.9. The zero-order chi connectivity index (χ0) is 16.6. The third-order valence-electron chi connectivity index (χ3n) is 4.01. The Labute approximate surface area is 140 Å². The van der Waals surface area contributed by atoms with Crippen molar-refractivity contribution < 1.29 is 9.59 Å². The van der Waals surface area contributed by atoms with Crippen LogP contribution in [0.4, 0.5) is 0 Å². The molecule has 0 radical (unpaired) electrons. The molecule has 0 bridgehead atoms. The van der Waals surface area contributed by atoms with Crippen molar-refractivity contribution >= 4 is 27.7 Å². The lowest BCUT2D eigenvalue weighted by Crippen LogP contribution is -2.47. The van der Waals surface area contributed by atoms with Gasteiger partial charge in [0.05, 0.1) is 5.41 Å². The van der Waals surface area contributed by atoms with Crippen LogP contribution >= 0.6 is 15.9 Å². The summed E-state index contributed by atoms with van der Waals surface area (Å²) in [6.07, 6.45) is 1.41. The van der Waals surface area contributed by atoms with Crippen LogP contribution in [0.5, 0.6) is 0 Å². The third-order valence-corrected chi connectivity index (χ3v) is 4.50. The number of carbonyl (C=O) groups excluding carboxylic acids is 2. The number of amides is 2. The standard InChI is InChI=1S/C16H24BrN3O2/c1-3-16(4-2,11-18)15(22)20-9-8-19-14(21)12-6-5-7-13(17)10-12/h5-7,10H,3-4,8-9,11,18H2,1-2H3,(H,19,21)(H,20,22). The molecule has 122 valence electrons. The zero-order valence-electron chi connectivity index (χ0n) is 13.1. The van der Waals surface area contributed by atoms with E-state index in [2.05, 4.69) is 26.6 Å². The summed E-state index contributed by atoms with van der Waals surface area (Å²) in [7, 11) is 0. The van der Waals surface area contributed by atoms with E-state index in [0.717, 1.165) is 4.47 Å². The summed E-state index contributed by atoms with van der Waals surface area (Å²) in [5.41, 5.74) is 5.81. The summed E-state index contributed by atoms with van der Waals surface area (Å²) in [6.45, 7) is 5.03. The van der Waals surface area contributed by atoms with Crippen molar-refractivity contribution in [2.24, 2.45) is 11.1 Å². The second kappa shape index (κ2) is 8.90. The number of nitrogens with two attached hydrogens (primary N) is 1. The van der Waals surface area contributed by atoms with Crippen molar-refractivity contribution in [3.05, 3.63) is 34.3 Å². The molecule has 1 rings (SSSR count). The fraction of sp³-hybridized carbons (Fsp3) is 0.500. The van der Waals surface area contributed by atoms with Gasteiger partial charge in [-0.25, -0.2) is 0 Å². The Balaban J connectivity index is 2.42. The lowest BCUT2D eigenvalue weighted by Gasteiger charge is -2.28. The maximum absolute atomic E-state index is 12.2. The predicted molar refractivity (Wildman–Crippen MR) is 91.6 cm³/mol. The molecule has 0 spiro atoms. The Morgan fingerprint density at radius 3 is 2.36 bits per heavy atom. The molecule has 22 heavy (non-hydrogen) atoms. The molecule has 0 aromatic heterocycles. The molecule has 0 aliphatic heterocycles. The van der Waals surface area contributed by atoms with Gasteiger partial charge in [-0.2, -0.15) is 0 Å². The Kier molecular flexibility index (Phi) is 7.55. The first-order chi connectivity index (χ1) is 10.5. The van der Waals surface area contributed by atoms with Crippen molar-refractivity contribution in [3.63, 3.8) is 0 Å². The Morgan fingerprint density at radius 2 is 1.82 bits per heavy atom. The Morgan fingerprint density at radius 1 is 1.18 bits per heavy atom. The fourth-order valence-corrected chi connectivity index (χ4v) is 2.62. The van der Waals surface area contributed by atoms with E-state index in [1.165, 1.54) is 0 Å². The van der Waals surface area contributed by atoms with E-state index in [1.807, 2.05) is 19.9 Å². The number of hydrogen-bond acceptors (Lipinski definition) is 3. The highest BCUT2D eigenvalue weighted by Gasteiger charge is 2.32. The van der Waals surface area contributed by atoms with Crippen molar-refractivity contribution in [3.8, 4) is 0 Å². The quantitative estimate of drug-likeness (QED) is 0.613. The van der Waals surface area contributed by atoms with Gasteiger partial charge in [-0.15, -0.1) is 0 Å². The van der Waals surface area contributed by atoms with E-state index in [4.69, 9.17) is 5.73 Å². The topological polar surface area (TPSA) is 84.2 Å². The minimum Gasteiger partial charge on any atom is -0.354 e. The van der Waals surface area contributed by atoms with Gasteiger partial charge in [-0.05, 0) is 31.0 Å². The molecule has 0 atom stereocenters. The molecule has 1 aromatic rings. The molecule has 2 amide bonds. The molecular formula is C16H24BrN3O2. The summed E-state index contributed by atoms with van der Waals surface area (Å²) in [5, 5.41) is 5.63. The van der Waals surface area contributed by atoms with E-state index >= 15 is 0 Å². The van der Waals surface area contributed by atoms with Gasteiger partial charge in [0.15, 0.2) is 0 Å². The molecule has 0 aliphatic rings. The second-order valence-corrected chi connectivity index (χ2v) is 6.13. The minimum absolute atomic E-state index is 0.0447. The Hall–Kier alpha value is -1.40. The van der Waals surface area contributed by atoms with Crippen LogP contribution in [-0.2, 0) is 4.79 Å². The van der Waals surface area contributed by atoms with Crippen LogP contribution in [0, 0.1) is 5.41 Å². The molecule has 4 N–H and O–H groups in total. The number of halogens is 1. The zero-order valence-corrected chi connectivity index (χ0v) is 14.7.